The molecule has 1 amide bonds. The Labute approximate surface area is 116 Å². The third-order valence-corrected chi connectivity index (χ3v) is 3.46. The molecule has 0 aliphatic carbocycles. The zero-order valence-electron chi connectivity index (χ0n) is 10.3. The fourth-order valence-electron chi connectivity index (χ4n) is 2.27. The summed E-state index contributed by atoms with van der Waals surface area (Å²) < 4.78 is 0. The van der Waals surface area contributed by atoms with Gasteiger partial charge in [0.25, 0.3) is 0 Å². The van der Waals surface area contributed by atoms with E-state index >= 15 is 0 Å². The molecule has 0 atom stereocenters. The highest BCUT2D eigenvalue weighted by Crippen LogP contribution is 2.37. The Hall–Kier alpha value is -2.00. The first-order valence-electron chi connectivity index (χ1n) is 6.18. The topological polar surface area (TPSA) is 32.3 Å². The van der Waals surface area contributed by atoms with Crippen LogP contribution in [0.15, 0.2) is 48.5 Å². The summed E-state index contributed by atoms with van der Waals surface area (Å²) in [7, 11) is 0. The maximum absolute atomic E-state index is 12.4. The minimum atomic E-state index is 0.0468. The third-order valence-electron chi connectivity index (χ3n) is 3.14. The van der Waals surface area contributed by atoms with Crippen LogP contribution in [-0.4, -0.2) is 12.5 Å². The zero-order chi connectivity index (χ0) is 13.2. The molecule has 0 bridgehead atoms. The summed E-state index contributed by atoms with van der Waals surface area (Å²) in [6, 6.07) is 15.2. The zero-order valence-corrected chi connectivity index (χ0v) is 11.0. The van der Waals surface area contributed by atoms with Gasteiger partial charge in [-0.15, -0.1) is 0 Å². The van der Waals surface area contributed by atoms with Crippen LogP contribution >= 0.6 is 11.6 Å². The summed E-state index contributed by atoms with van der Waals surface area (Å²) in [5.74, 6) is 0.0468. The first kappa shape index (κ1) is 12.1. The van der Waals surface area contributed by atoms with Crippen LogP contribution < -0.4 is 10.2 Å². The van der Waals surface area contributed by atoms with Crippen molar-refractivity contribution in [3.63, 3.8) is 0 Å². The molecule has 19 heavy (non-hydrogen) atoms. The van der Waals surface area contributed by atoms with E-state index in [0.717, 1.165) is 17.1 Å². The smallest absolute Gasteiger partial charge is 0.233 e. The lowest BCUT2D eigenvalue weighted by atomic mass is 10.2. The lowest BCUT2D eigenvalue weighted by molar-refractivity contribution is -0.117. The van der Waals surface area contributed by atoms with Crippen molar-refractivity contribution in [2.75, 3.05) is 16.8 Å². The van der Waals surface area contributed by atoms with E-state index in [2.05, 4.69) is 5.32 Å². The highest BCUT2D eigenvalue weighted by molar-refractivity contribution is 6.34. The van der Waals surface area contributed by atoms with E-state index in [4.69, 9.17) is 11.6 Å². The number of nitrogens with zero attached hydrogens (tertiary/aromatic N) is 1. The number of hydrogen-bond acceptors (Lipinski definition) is 2. The van der Waals surface area contributed by atoms with Gasteiger partial charge in [-0.1, -0.05) is 35.9 Å². The van der Waals surface area contributed by atoms with E-state index in [1.807, 2.05) is 42.5 Å². The van der Waals surface area contributed by atoms with E-state index in [1.165, 1.54) is 0 Å². The van der Waals surface area contributed by atoms with Crippen LogP contribution in [0.5, 0.6) is 0 Å². The van der Waals surface area contributed by atoms with Gasteiger partial charge in [0.05, 0.1) is 22.1 Å². The average Bonchev–Trinajstić information content (AvgIpc) is 2.58. The average molecular weight is 273 g/mol. The Balaban J connectivity index is 2.18. The van der Waals surface area contributed by atoms with Crippen molar-refractivity contribution in [2.24, 2.45) is 0 Å². The molecule has 0 spiro atoms. The first-order valence-corrected chi connectivity index (χ1v) is 6.55. The van der Waals surface area contributed by atoms with Gasteiger partial charge in [-0.25, -0.2) is 0 Å². The predicted octanol–water partition coefficient (Wildman–Crippen LogP) is 3.82. The van der Waals surface area contributed by atoms with Crippen molar-refractivity contribution >= 4 is 34.6 Å². The van der Waals surface area contributed by atoms with Crippen LogP contribution in [0.3, 0.4) is 0 Å². The standard InChI is InChI=1S/C15H13ClN2O/c16-11-5-1-3-7-13(11)18-14-8-4-2-6-12(14)17-10-9-15(18)19/h1-8,17H,9-10H2. The molecule has 0 radical (unpaired) electrons. The monoisotopic (exact) mass is 272 g/mol. The predicted molar refractivity (Wildman–Crippen MR) is 78.1 cm³/mol. The lowest BCUT2D eigenvalue weighted by Gasteiger charge is -2.23. The van der Waals surface area contributed by atoms with Crippen molar-refractivity contribution in [2.45, 2.75) is 6.42 Å². The van der Waals surface area contributed by atoms with Crippen LogP contribution in [0.4, 0.5) is 17.1 Å². The van der Waals surface area contributed by atoms with Crippen LogP contribution in [0.2, 0.25) is 5.02 Å². The van der Waals surface area contributed by atoms with E-state index in [0.29, 0.717) is 18.0 Å². The van der Waals surface area contributed by atoms with Crippen molar-refractivity contribution in [1.82, 2.24) is 0 Å². The molecule has 0 saturated heterocycles. The fourth-order valence-corrected chi connectivity index (χ4v) is 2.49. The molecular formula is C15H13ClN2O. The quantitative estimate of drug-likeness (QED) is 0.856. The third kappa shape index (κ3) is 2.17. The summed E-state index contributed by atoms with van der Waals surface area (Å²) in [4.78, 5) is 14.0. The van der Waals surface area contributed by atoms with Gasteiger partial charge in [-0.05, 0) is 24.3 Å². The maximum atomic E-state index is 12.4. The van der Waals surface area contributed by atoms with E-state index in [9.17, 15) is 4.79 Å². The highest BCUT2D eigenvalue weighted by atomic mass is 35.5. The lowest BCUT2D eigenvalue weighted by Crippen LogP contribution is -2.25. The summed E-state index contributed by atoms with van der Waals surface area (Å²) in [5.41, 5.74) is 2.52. The van der Waals surface area contributed by atoms with Gasteiger partial charge in [-0.3, -0.25) is 9.69 Å². The molecule has 1 aliphatic heterocycles. The van der Waals surface area contributed by atoms with Crippen molar-refractivity contribution < 1.29 is 4.79 Å². The number of para-hydroxylation sites is 3. The number of rotatable bonds is 1. The molecule has 96 valence electrons. The SMILES string of the molecule is O=C1CCNc2ccccc2N1c1ccccc1Cl. The van der Waals surface area contributed by atoms with E-state index < -0.39 is 0 Å². The van der Waals surface area contributed by atoms with Gasteiger partial charge in [0.15, 0.2) is 0 Å². The number of halogens is 1. The molecular weight excluding hydrogens is 260 g/mol. The molecule has 2 aromatic carbocycles. The molecule has 1 aliphatic rings. The van der Waals surface area contributed by atoms with Crippen LogP contribution in [0, 0.1) is 0 Å². The Bertz CT molecular complexity index is 627. The number of nitrogens with one attached hydrogen (secondary N) is 1. The fraction of sp³-hybridized carbons (Fsp3) is 0.133. The van der Waals surface area contributed by atoms with Crippen molar-refractivity contribution in [3.05, 3.63) is 53.6 Å². The van der Waals surface area contributed by atoms with Gasteiger partial charge >= 0.3 is 0 Å². The Morgan fingerprint density at radius 2 is 1.68 bits per heavy atom. The molecule has 1 heterocycles. The number of carbonyl (C=O) groups is 1. The number of anilines is 3. The van der Waals surface area contributed by atoms with Gasteiger partial charge < -0.3 is 5.32 Å². The van der Waals surface area contributed by atoms with E-state index in [1.54, 1.807) is 11.0 Å². The molecule has 3 nitrogen and oxygen atoms in total. The molecule has 0 unspecified atom stereocenters. The number of carbonyl (C=O) groups excluding carboxylic acids is 1. The van der Waals surface area contributed by atoms with Gasteiger partial charge in [0.1, 0.15) is 0 Å². The largest absolute Gasteiger partial charge is 0.383 e. The number of amides is 1. The Kier molecular flexibility index (Phi) is 3.13. The second kappa shape index (κ2) is 4.94. The van der Waals surface area contributed by atoms with Gasteiger partial charge in [-0.2, -0.15) is 0 Å². The Morgan fingerprint density at radius 3 is 2.47 bits per heavy atom. The first-order chi connectivity index (χ1) is 9.27. The normalized spacial score (nSPS) is 14.6. The highest BCUT2D eigenvalue weighted by Gasteiger charge is 2.24. The molecule has 0 saturated carbocycles. The molecule has 2 aromatic rings. The summed E-state index contributed by atoms with van der Waals surface area (Å²) in [6.07, 6.45) is 0.444. The number of fused-ring (bicyclic) bond motifs is 1. The molecule has 0 fully saturated rings. The van der Waals surface area contributed by atoms with Crippen LogP contribution in [-0.2, 0) is 4.79 Å². The van der Waals surface area contributed by atoms with Gasteiger partial charge in [0, 0.05) is 13.0 Å². The molecule has 3 rings (SSSR count). The van der Waals surface area contributed by atoms with Crippen LogP contribution in [0.1, 0.15) is 6.42 Å². The molecule has 4 heteroatoms. The van der Waals surface area contributed by atoms with Crippen LogP contribution in [0.25, 0.3) is 0 Å². The summed E-state index contributed by atoms with van der Waals surface area (Å²) in [5, 5.41) is 3.85. The second-order valence-corrected chi connectivity index (χ2v) is 4.78. The van der Waals surface area contributed by atoms with Gasteiger partial charge in [0.2, 0.25) is 5.91 Å². The number of hydrogen-bond donors (Lipinski definition) is 1. The molecule has 1 N–H and O–H groups in total. The van der Waals surface area contributed by atoms with Crippen molar-refractivity contribution in [1.29, 1.82) is 0 Å². The summed E-state index contributed by atoms with van der Waals surface area (Å²) in [6.45, 7) is 0.636. The van der Waals surface area contributed by atoms with Crippen molar-refractivity contribution in [3.8, 4) is 0 Å². The second-order valence-electron chi connectivity index (χ2n) is 4.37. The Morgan fingerprint density at radius 1 is 1.00 bits per heavy atom. The summed E-state index contributed by atoms with van der Waals surface area (Å²) >= 11 is 6.23. The van der Waals surface area contributed by atoms with E-state index in [-0.39, 0.29) is 5.91 Å². The number of benzene rings is 2. The minimum Gasteiger partial charge on any atom is -0.383 e. The maximum Gasteiger partial charge on any atom is 0.233 e. The molecule has 0 aromatic heterocycles. The minimum absolute atomic E-state index is 0.0468.